The van der Waals surface area contributed by atoms with E-state index in [4.69, 9.17) is 14.2 Å². The second-order valence-corrected chi connectivity index (χ2v) is 6.36. The van der Waals surface area contributed by atoms with Crippen molar-refractivity contribution in [1.82, 2.24) is 4.68 Å². The summed E-state index contributed by atoms with van der Waals surface area (Å²) in [6.07, 6.45) is 1.79. The smallest absolute Gasteiger partial charge is 0.205 e. The fourth-order valence-electron chi connectivity index (χ4n) is 2.58. The highest BCUT2D eigenvalue weighted by molar-refractivity contribution is 7.07. The first kappa shape index (κ1) is 18.7. The molecule has 0 aliphatic carbocycles. The van der Waals surface area contributed by atoms with Crippen molar-refractivity contribution in [2.75, 3.05) is 28.4 Å². The van der Waals surface area contributed by atoms with Crippen molar-refractivity contribution in [2.45, 2.75) is 0 Å². The minimum atomic E-state index is 0.740. The van der Waals surface area contributed by atoms with E-state index in [1.165, 1.54) is 11.3 Å². The molecule has 0 aliphatic rings. The summed E-state index contributed by atoms with van der Waals surface area (Å²) in [5.41, 5.74) is 2.72. The Morgan fingerprint density at radius 2 is 1.63 bits per heavy atom. The van der Waals surface area contributed by atoms with Crippen LogP contribution < -0.4 is 19.0 Å². The average molecular weight is 383 g/mol. The lowest BCUT2D eigenvalue weighted by Crippen LogP contribution is -2.11. The van der Waals surface area contributed by atoms with Crippen molar-refractivity contribution in [1.29, 1.82) is 0 Å². The number of hydrogen-bond acceptors (Lipinski definition) is 6. The molecule has 140 valence electrons. The zero-order valence-corrected chi connectivity index (χ0v) is 16.5. The molecule has 3 rings (SSSR count). The molecule has 2 aromatic carbocycles. The van der Waals surface area contributed by atoms with E-state index in [1.807, 2.05) is 47.8 Å². The van der Waals surface area contributed by atoms with Crippen molar-refractivity contribution in [2.24, 2.45) is 10.1 Å². The van der Waals surface area contributed by atoms with Gasteiger partial charge in [-0.25, -0.2) is 4.68 Å². The summed E-state index contributed by atoms with van der Waals surface area (Å²) in [7, 11) is 6.68. The highest BCUT2D eigenvalue weighted by Gasteiger charge is 2.13. The maximum atomic E-state index is 5.52. The maximum absolute atomic E-state index is 5.52. The summed E-state index contributed by atoms with van der Waals surface area (Å²) in [4.78, 5) is 5.11. The topological polar surface area (TPSA) is 57.3 Å². The fourth-order valence-corrected chi connectivity index (χ4v) is 3.37. The number of nitrogens with zero attached hydrogens (tertiary/aromatic N) is 3. The second kappa shape index (κ2) is 8.55. The molecule has 0 N–H and O–H groups in total. The van der Waals surface area contributed by atoms with Crippen LogP contribution in [0.5, 0.6) is 17.2 Å². The number of hydrogen-bond donors (Lipinski definition) is 0. The summed E-state index contributed by atoms with van der Waals surface area (Å²) in [5, 5.41) is 6.65. The Morgan fingerprint density at radius 1 is 0.926 bits per heavy atom. The maximum Gasteiger partial charge on any atom is 0.205 e. The number of ether oxygens (including phenoxy) is 3. The zero-order valence-electron chi connectivity index (χ0n) is 15.7. The SMILES string of the molecule is CN=c1scc(-c2cc(OC)ccc2OC)n1N=Cc1ccc(OC)cc1. The molecule has 0 atom stereocenters. The molecule has 0 bridgehead atoms. The van der Waals surface area contributed by atoms with Gasteiger partial charge < -0.3 is 14.2 Å². The van der Waals surface area contributed by atoms with E-state index in [0.29, 0.717) is 0 Å². The monoisotopic (exact) mass is 383 g/mol. The molecule has 3 aromatic rings. The predicted molar refractivity (Wildman–Crippen MR) is 108 cm³/mol. The molecular weight excluding hydrogens is 362 g/mol. The molecule has 0 spiro atoms. The van der Waals surface area contributed by atoms with Crippen molar-refractivity contribution >= 4 is 17.6 Å². The van der Waals surface area contributed by atoms with Crippen LogP contribution >= 0.6 is 11.3 Å². The second-order valence-electron chi connectivity index (χ2n) is 5.52. The summed E-state index contributed by atoms with van der Waals surface area (Å²) in [5.74, 6) is 2.30. The van der Waals surface area contributed by atoms with Gasteiger partial charge in [-0.05, 0) is 48.0 Å². The molecule has 27 heavy (non-hydrogen) atoms. The van der Waals surface area contributed by atoms with Gasteiger partial charge >= 0.3 is 0 Å². The van der Waals surface area contributed by atoms with Gasteiger partial charge in [0.15, 0.2) is 0 Å². The van der Waals surface area contributed by atoms with Gasteiger partial charge in [0.2, 0.25) is 4.80 Å². The molecule has 0 saturated carbocycles. The van der Waals surface area contributed by atoms with E-state index >= 15 is 0 Å². The van der Waals surface area contributed by atoms with Crippen LogP contribution in [0, 0.1) is 0 Å². The Kier molecular flexibility index (Phi) is 5.93. The third kappa shape index (κ3) is 4.03. The predicted octanol–water partition coefficient (Wildman–Crippen LogP) is 3.66. The Balaban J connectivity index is 2.07. The number of thiazole rings is 1. The summed E-state index contributed by atoms with van der Waals surface area (Å²) in [6.45, 7) is 0. The first-order valence-electron chi connectivity index (χ1n) is 8.24. The van der Waals surface area contributed by atoms with Gasteiger partial charge in [0.25, 0.3) is 0 Å². The van der Waals surface area contributed by atoms with Crippen LogP contribution in [-0.4, -0.2) is 39.3 Å². The van der Waals surface area contributed by atoms with E-state index < -0.39 is 0 Å². The van der Waals surface area contributed by atoms with E-state index in [-0.39, 0.29) is 0 Å². The minimum Gasteiger partial charge on any atom is -0.497 e. The largest absolute Gasteiger partial charge is 0.497 e. The van der Waals surface area contributed by atoms with Crippen LogP contribution in [0.3, 0.4) is 0 Å². The number of methoxy groups -OCH3 is 3. The van der Waals surface area contributed by atoms with Crippen molar-refractivity contribution in [3.8, 4) is 28.5 Å². The van der Waals surface area contributed by atoms with Gasteiger partial charge in [-0.2, -0.15) is 5.10 Å². The average Bonchev–Trinajstić information content (AvgIpc) is 3.14. The van der Waals surface area contributed by atoms with Crippen molar-refractivity contribution in [3.63, 3.8) is 0 Å². The van der Waals surface area contributed by atoms with Crippen molar-refractivity contribution in [3.05, 3.63) is 58.2 Å². The summed E-state index contributed by atoms with van der Waals surface area (Å²) < 4.78 is 17.9. The van der Waals surface area contributed by atoms with Crippen LogP contribution in [-0.2, 0) is 0 Å². The van der Waals surface area contributed by atoms with Gasteiger partial charge in [-0.3, -0.25) is 4.99 Å². The van der Waals surface area contributed by atoms with Crippen LogP contribution in [0.1, 0.15) is 5.56 Å². The van der Waals surface area contributed by atoms with Gasteiger partial charge in [0, 0.05) is 18.0 Å². The Bertz CT molecular complexity index is 1000. The number of aromatic nitrogens is 1. The molecule has 1 heterocycles. The number of benzene rings is 2. The first-order chi connectivity index (χ1) is 13.2. The normalized spacial score (nSPS) is 11.8. The van der Waals surface area contributed by atoms with E-state index in [0.717, 1.165) is 38.9 Å². The highest BCUT2D eigenvalue weighted by Crippen LogP contribution is 2.33. The Labute approximate surface area is 162 Å². The lowest BCUT2D eigenvalue weighted by atomic mass is 10.1. The lowest BCUT2D eigenvalue weighted by molar-refractivity contribution is 0.404. The molecule has 6 nitrogen and oxygen atoms in total. The molecule has 0 amide bonds. The summed E-state index contributed by atoms with van der Waals surface area (Å²) in [6, 6.07) is 13.4. The summed E-state index contributed by atoms with van der Waals surface area (Å²) >= 11 is 1.51. The van der Waals surface area contributed by atoms with Gasteiger partial charge in [-0.1, -0.05) is 0 Å². The van der Waals surface area contributed by atoms with Crippen LogP contribution in [0.15, 0.2) is 57.9 Å². The standard InChI is InChI=1S/C20H21N3O3S/c1-21-20-23(22-12-14-5-7-15(24-2)8-6-14)18(13-27-20)17-11-16(25-3)9-10-19(17)26-4/h5-13H,1-4H3. The third-order valence-corrected chi connectivity index (χ3v) is 4.90. The lowest BCUT2D eigenvalue weighted by Gasteiger charge is -2.11. The minimum absolute atomic E-state index is 0.740. The van der Waals surface area contributed by atoms with Gasteiger partial charge in [-0.15, -0.1) is 11.3 Å². The van der Waals surface area contributed by atoms with Crippen molar-refractivity contribution < 1.29 is 14.2 Å². The quantitative estimate of drug-likeness (QED) is 0.611. The fraction of sp³-hybridized carbons (Fsp3) is 0.200. The molecule has 0 fully saturated rings. The van der Waals surface area contributed by atoms with Crippen LogP contribution in [0.4, 0.5) is 0 Å². The van der Waals surface area contributed by atoms with Gasteiger partial charge in [0.05, 0.1) is 33.2 Å². The Morgan fingerprint density at radius 3 is 2.26 bits per heavy atom. The van der Waals surface area contributed by atoms with Crippen LogP contribution in [0.2, 0.25) is 0 Å². The van der Waals surface area contributed by atoms with E-state index in [1.54, 1.807) is 39.3 Å². The molecule has 0 unspecified atom stereocenters. The highest BCUT2D eigenvalue weighted by atomic mass is 32.1. The molecule has 0 aliphatic heterocycles. The molecule has 0 radical (unpaired) electrons. The Hall–Kier alpha value is -3.06. The molecule has 7 heteroatoms. The van der Waals surface area contributed by atoms with Crippen LogP contribution in [0.25, 0.3) is 11.3 Å². The first-order valence-corrected chi connectivity index (χ1v) is 9.12. The molecule has 1 aromatic heterocycles. The number of rotatable bonds is 6. The molecule has 0 saturated heterocycles. The third-order valence-electron chi connectivity index (χ3n) is 4.00. The van der Waals surface area contributed by atoms with E-state index in [9.17, 15) is 0 Å². The molecular formula is C20H21N3O3S. The van der Waals surface area contributed by atoms with Gasteiger partial charge in [0.1, 0.15) is 17.2 Å². The zero-order chi connectivity index (χ0) is 19.2. The van der Waals surface area contributed by atoms with E-state index in [2.05, 4.69) is 10.1 Å².